The highest BCUT2D eigenvalue weighted by Gasteiger charge is 2.26. The largest absolute Gasteiger partial charge is 0.366 e. The summed E-state index contributed by atoms with van der Waals surface area (Å²) >= 11 is 1.42. The molecule has 0 unspecified atom stereocenters. The molecule has 1 amide bonds. The lowest BCUT2D eigenvalue weighted by molar-refractivity contribution is -0.384. The van der Waals surface area contributed by atoms with Gasteiger partial charge >= 0.3 is 0 Å². The van der Waals surface area contributed by atoms with Crippen LogP contribution in [0, 0.1) is 16.0 Å². The van der Waals surface area contributed by atoms with Crippen LogP contribution in [0.25, 0.3) is 10.2 Å². The zero-order chi connectivity index (χ0) is 20.5. The number of nitrogens with zero attached hydrogens (tertiary/aromatic N) is 4. The van der Waals surface area contributed by atoms with E-state index in [4.69, 9.17) is 0 Å². The van der Waals surface area contributed by atoms with Crippen LogP contribution in [-0.4, -0.2) is 36.0 Å². The number of thiazole rings is 1. The van der Waals surface area contributed by atoms with E-state index in [9.17, 15) is 14.9 Å². The summed E-state index contributed by atoms with van der Waals surface area (Å²) in [7, 11) is 1.64. The van der Waals surface area contributed by atoms with Gasteiger partial charge in [-0.2, -0.15) is 0 Å². The average Bonchev–Trinajstić information content (AvgIpc) is 3.17. The second-order valence-electron chi connectivity index (χ2n) is 7.46. The van der Waals surface area contributed by atoms with Crippen molar-refractivity contribution in [3.63, 3.8) is 0 Å². The Kier molecular flexibility index (Phi) is 5.19. The molecule has 0 radical (unpaired) electrons. The Hall–Kier alpha value is -3.00. The number of hydrogen-bond donors (Lipinski definition) is 0. The van der Waals surface area contributed by atoms with Crippen LogP contribution >= 0.6 is 11.3 Å². The molecule has 2 aromatic carbocycles. The number of fused-ring (bicyclic) bond motifs is 1. The van der Waals surface area contributed by atoms with E-state index in [-0.39, 0.29) is 17.2 Å². The van der Waals surface area contributed by atoms with Crippen LogP contribution in [0.15, 0.2) is 42.5 Å². The van der Waals surface area contributed by atoms with Crippen LogP contribution in [0.3, 0.4) is 0 Å². The highest BCUT2D eigenvalue weighted by molar-refractivity contribution is 7.22. The minimum atomic E-state index is -0.401. The van der Waals surface area contributed by atoms with Gasteiger partial charge in [-0.3, -0.25) is 19.8 Å². The maximum atomic E-state index is 13.0. The van der Waals surface area contributed by atoms with Gasteiger partial charge in [0, 0.05) is 31.8 Å². The van der Waals surface area contributed by atoms with Gasteiger partial charge in [0.1, 0.15) is 5.69 Å². The van der Waals surface area contributed by atoms with E-state index in [2.05, 4.69) is 11.9 Å². The van der Waals surface area contributed by atoms with Crippen LogP contribution < -0.4 is 9.80 Å². The first-order valence-corrected chi connectivity index (χ1v) is 10.4. The fourth-order valence-corrected chi connectivity index (χ4v) is 4.53. The normalized spacial score (nSPS) is 14.9. The number of carbonyl (C=O) groups is 1. The van der Waals surface area contributed by atoms with Crippen LogP contribution in [0.2, 0.25) is 0 Å². The average molecular weight is 410 g/mol. The Morgan fingerprint density at radius 1 is 1.24 bits per heavy atom. The summed E-state index contributed by atoms with van der Waals surface area (Å²) in [5.74, 6) is 0.319. The third-order valence-corrected chi connectivity index (χ3v) is 6.53. The topological polar surface area (TPSA) is 79.6 Å². The molecule has 0 N–H and O–H groups in total. The van der Waals surface area contributed by atoms with Gasteiger partial charge in [0.25, 0.3) is 11.6 Å². The van der Waals surface area contributed by atoms with Crippen molar-refractivity contribution in [3.05, 3.63) is 58.1 Å². The molecule has 7 nitrogen and oxygen atoms in total. The van der Waals surface area contributed by atoms with Gasteiger partial charge < -0.3 is 4.90 Å². The molecule has 2 heterocycles. The highest BCUT2D eigenvalue weighted by atomic mass is 32.1. The van der Waals surface area contributed by atoms with Crippen molar-refractivity contribution in [2.45, 2.75) is 19.8 Å². The van der Waals surface area contributed by atoms with Crippen molar-refractivity contribution in [1.82, 2.24) is 4.98 Å². The fraction of sp³-hybridized carbons (Fsp3) is 0.333. The van der Waals surface area contributed by atoms with Crippen molar-refractivity contribution in [2.75, 3.05) is 29.9 Å². The van der Waals surface area contributed by atoms with E-state index >= 15 is 0 Å². The Balaban J connectivity index is 1.62. The molecule has 1 fully saturated rings. The summed E-state index contributed by atoms with van der Waals surface area (Å²) in [5.41, 5.74) is 1.67. The number of hydrogen-bond acceptors (Lipinski definition) is 6. The van der Waals surface area contributed by atoms with Crippen LogP contribution in [0.4, 0.5) is 16.5 Å². The number of benzene rings is 2. The van der Waals surface area contributed by atoms with Gasteiger partial charge in [-0.05, 0) is 43.0 Å². The quantitative estimate of drug-likeness (QED) is 0.459. The Morgan fingerprint density at radius 3 is 2.66 bits per heavy atom. The predicted octanol–water partition coefficient (Wildman–Crippen LogP) is 4.72. The van der Waals surface area contributed by atoms with Gasteiger partial charge in [0.05, 0.1) is 15.1 Å². The third-order valence-electron chi connectivity index (χ3n) is 5.42. The van der Waals surface area contributed by atoms with E-state index in [0.717, 1.165) is 36.1 Å². The molecule has 1 aromatic heterocycles. The molecule has 150 valence electrons. The van der Waals surface area contributed by atoms with Crippen molar-refractivity contribution in [3.8, 4) is 0 Å². The maximum absolute atomic E-state index is 13.0. The Bertz CT molecular complexity index is 1040. The van der Waals surface area contributed by atoms with E-state index in [1.54, 1.807) is 19.2 Å². The number of nitro groups is 1. The zero-order valence-electron chi connectivity index (χ0n) is 16.4. The molecule has 0 atom stereocenters. The molecule has 1 saturated heterocycles. The molecular weight excluding hydrogens is 388 g/mol. The number of piperidine rings is 1. The number of para-hydroxylation sites is 1. The van der Waals surface area contributed by atoms with Crippen molar-refractivity contribution >= 4 is 44.0 Å². The molecule has 1 aliphatic rings. The second kappa shape index (κ2) is 7.79. The lowest BCUT2D eigenvalue weighted by Gasteiger charge is -2.31. The van der Waals surface area contributed by atoms with E-state index < -0.39 is 4.92 Å². The van der Waals surface area contributed by atoms with Crippen LogP contribution in [0.1, 0.15) is 30.1 Å². The second-order valence-corrected chi connectivity index (χ2v) is 8.47. The Morgan fingerprint density at radius 2 is 1.97 bits per heavy atom. The van der Waals surface area contributed by atoms with Gasteiger partial charge in [-0.15, -0.1) is 0 Å². The molecular formula is C21H22N4O3S. The first kappa shape index (κ1) is 19.3. The van der Waals surface area contributed by atoms with Crippen LogP contribution in [-0.2, 0) is 0 Å². The highest BCUT2D eigenvalue weighted by Crippen LogP contribution is 2.34. The smallest absolute Gasteiger partial charge is 0.293 e. The first-order valence-electron chi connectivity index (χ1n) is 9.61. The van der Waals surface area contributed by atoms with Gasteiger partial charge in [0.15, 0.2) is 5.13 Å². The summed E-state index contributed by atoms with van der Waals surface area (Å²) in [6.07, 6.45) is 2.02. The SMILES string of the molecule is CC1CCN(c2ccc(C(=O)N(C)c3nc4ccccc4s3)cc2[N+](=O)[O-])CC1. The third kappa shape index (κ3) is 3.80. The first-order chi connectivity index (χ1) is 13.9. The van der Waals surface area contributed by atoms with Gasteiger partial charge in [0.2, 0.25) is 0 Å². The molecule has 1 aliphatic heterocycles. The van der Waals surface area contributed by atoms with Gasteiger partial charge in [-0.1, -0.05) is 30.4 Å². The van der Waals surface area contributed by atoms with E-state index in [1.807, 2.05) is 29.2 Å². The van der Waals surface area contributed by atoms with E-state index in [1.165, 1.54) is 22.3 Å². The number of amides is 1. The minimum absolute atomic E-state index is 0.0249. The number of rotatable bonds is 4. The molecule has 0 saturated carbocycles. The molecule has 0 spiro atoms. The van der Waals surface area contributed by atoms with E-state index in [0.29, 0.717) is 16.7 Å². The molecule has 29 heavy (non-hydrogen) atoms. The molecule has 4 rings (SSSR count). The lowest BCUT2D eigenvalue weighted by Crippen LogP contribution is -2.33. The minimum Gasteiger partial charge on any atom is -0.366 e. The molecule has 8 heteroatoms. The van der Waals surface area contributed by atoms with Gasteiger partial charge in [-0.25, -0.2) is 4.98 Å². The summed E-state index contributed by atoms with van der Waals surface area (Å²) in [6.45, 7) is 3.78. The number of carbonyl (C=O) groups excluding carboxylic acids is 1. The number of aromatic nitrogens is 1. The molecule has 0 aliphatic carbocycles. The van der Waals surface area contributed by atoms with Crippen molar-refractivity contribution in [1.29, 1.82) is 0 Å². The fourth-order valence-electron chi connectivity index (χ4n) is 3.60. The van der Waals surface area contributed by atoms with Crippen molar-refractivity contribution in [2.24, 2.45) is 5.92 Å². The predicted molar refractivity (Wildman–Crippen MR) is 116 cm³/mol. The summed E-state index contributed by atoms with van der Waals surface area (Å²) in [5, 5.41) is 12.3. The molecule has 3 aromatic rings. The summed E-state index contributed by atoms with van der Waals surface area (Å²) < 4.78 is 0.989. The zero-order valence-corrected chi connectivity index (χ0v) is 17.2. The monoisotopic (exact) mass is 410 g/mol. The number of anilines is 2. The molecule has 0 bridgehead atoms. The summed E-state index contributed by atoms with van der Waals surface area (Å²) in [6, 6.07) is 12.4. The number of nitro benzene ring substituents is 1. The maximum Gasteiger partial charge on any atom is 0.293 e. The summed E-state index contributed by atoms with van der Waals surface area (Å²) in [4.78, 5) is 32.3. The van der Waals surface area contributed by atoms with Crippen molar-refractivity contribution < 1.29 is 9.72 Å². The lowest BCUT2D eigenvalue weighted by atomic mass is 9.98. The standard InChI is InChI=1S/C21H22N4O3S/c1-14-9-11-24(12-10-14)17-8-7-15(13-18(17)25(27)28)20(26)23(2)21-22-16-5-3-4-6-19(16)29-21/h3-8,13-14H,9-12H2,1-2H3. The van der Waals surface area contributed by atoms with Crippen LogP contribution in [0.5, 0.6) is 0 Å². The Labute approximate surface area is 172 Å².